The highest BCUT2D eigenvalue weighted by molar-refractivity contribution is 6.40. The normalized spacial score (nSPS) is 10.4. The van der Waals surface area contributed by atoms with Crippen molar-refractivity contribution in [2.24, 2.45) is 5.84 Å². The van der Waals surface area contributed by atoms with E-state index in [2.05, 4.69) is 10.4 Å². The molecule has 0 bridgehead atoms. The number of hydrazine groups is 1. The summed E-state index contributed by atoms with van der Waals surface area (Å²) in [5, 5.41) is 1.50. The minimum atomic E-state index is 0.0927. The molecule has 0 unspecified atom stereocenters. The maximum absolute atomic E-state index is 6.03. The minimum absolute atomic E-state index is 0.0927. The third kappa shape index (κ3) is 3.59. The number of aromatic nitrogens is 1. The maximum Gasteiger partial charge on any atom is 0.157 e. The van der Waals surface area contributed by atoms with Gasteiger partial charge in [-0.15, -0.1) is 0 Å². The highest BCUT2D eigenvalue weighted by Gasteiger charge is 2.11. The Morgan fingerprint density at radius 1 is 1.05 bits per heavy atom. The summed E-state index contributed by atoms with van der Waals surface area (Å²) >= 11 is 23.9. The summed E-state index contributed by atoms with van der Waals surface area (Å²) in [5.74, 6) is 6.08. The van der Waals surface area contributed by atoms with Crippen LogP contribution in [0.4, 0.5) is 5.82 Å². The van der Waals surface area contributed by atoms with Crippen LogP contribution in [-0.4, -0.2) is 4.98 Å². The summed E-state index contributed by atoms with van der Waals surface area (Å²) in [5.41, 5.74) is 2.93. The van der Waals surface area contributed by atoms with Gasteiger partial charge in [0.15, 0.2) is 5.75 Å². The second-order valence-corrected chi connectivity index (χ2v) is 5.41. The highest BCUT2D eigenvalue weighted by Crippen LogP contribution is 2.36. The van der Waals surface area contributed by atoms with Crippen LogP contribution in [0.25, 0.3) is 0 Å². The van der Waals surface area contributed by atoms with Crippen molar-refractivity contribution in [2.45, 2.75) is 6.61 Å². The van der Waals surface area contributed by atoms with Crippen molar-refractivity contribution in [3.8, 4) is 5.75 Å². The van der Waals surface area contributed by atoms with E-state index in [0.717, 1.165) is 0 Å². The lowest BCUT2D eigenvalue weighted by Gasteiger charge is -2.11. The van der Waals surface area contributed by atoms with Gasteiger partial charge in [-0.2, -0.15) is 0 Å². The molecule has 1 aromatic carbocycles. The van der Waals surface area contributed by atoms with E-state index in [4.69, 9.17) is 57.0 Å². The number of rotatable bonds is 4. The summed E-state index contributed by atoms with van der Waals surface area (Å²) < 4.78 is 5.55. The second kappa shape index (κ2) is 6.70. The van der Waals surface area contributed by atoms with Gasteiger partial charge in [-0.3, -0.25) is 0 Å². The summed E-state index contributed by atoms with van der Waals surface area (Å²) in [6.45, 7) is 0.0927. The van der Waals surface area contributed by atoms with Crippen LogP contribution >= 0.6 is 46.4 Å². The molecule has 0 saturated heterocycles. The van der Waals surface area contributed by atoms with E-state index < -0.39 is 0 Å². The Labute approximate surface area is 135 Å². The number of anilines is 1. The first-order valence-corrected chi connectivity index (χ1v) is 6.92. The Bertz CT molecular complexity index is 613. The van der Waals surface area contributed by atoms with Gasteiger partial charge in [0.05, 0.1) is 20.8 Å². The molecule has 3 N–H and O–H groups in total. The van der Waals surface area contributed by atoms with Crippen LogP contribution in [-0.2, 0) is 6.61 Å². The zero-order valence-electron chi connectivity index (χ0n) is 9.96. The van der Waals surface area contributed by atoms with Crippen molar-refractivity contribution in [3.63, 3.8) is 0 Å². The number of pyridine rings is 1. The molecule has 0 spiro atoms. The van der Waals surface area contributed by atoms with Crippen molar-refractivity contribution in [1.29, 1.82) is 0 Å². The van der Waals surface area contributed by atoms with E-state index >= 15 is 0 Å². The molecule has 0 atom stereocenters. The van der Waals surface area contributed by atoms with Gasteiger partial charge in [-0.05, 0) is 24.3 Å². The lowest BCUT2D eigenvalue weighted by Crippen LogP contribution is -2.10. The number of nitrogens with one attached hydrogen (secondary N) is 1. The number of nitrogen functional groups attached to an aromatic ring is 1. The minimum Gasteiger partial charge on any atom is -0.484 e. The van der Waals surface area contributed by atoms with E-state index in [0.29, 0.717) is 37.4 Å². The first-order valence-electron chi connectivity index (χ1n) is 5.40. The SMILES string of the molecule is NNc1ccc(Cl)c(COc2c(Cl)cc(Cl)cc2Cl)n1. The molecule has 2 aromatic rings. The van der Waals surface area contributed by atoms with Crippen molar-refractivity contribution in [2.75, 3.05) is 5.43 Å². The highest BCUT2D eigenvalue weighted by atomic mass is 35.5. The fourth-order valence-corrected chi connectivity index (χ4v) is 2.56. The Kier molecular flexibility index (Phi) is 5.18. The number of ether oxygens (including phenoxy) is 1. The molecular weight excluding hydrogens is 344 g/mol. The summed E-state index contributed by atoms with van der Waals surface area (Å²) in [4.78, 5) is 4.18. The summed E-state index contributed by atoms with van der Waals surface area (Å²) in [6, 6.07) is 6.38. The molecule has 2 rings (SSSR count). The molecule has 8 heteroatoms. The molecule has 0 amide bonds. The fourth-order valence-electron chi connectivity index (χ4n) is 1.47. The fraction of sp³-hybridized carbons (Fsp3) is 0.0833. The average Bonchev–Trinajstić information content (AvgIpc) is 2.39. The number of hydrogen-bond acceptors (Lipinski definition) is 4. The van der Waals surface area contributed by atoms with Crippen LogP contribution in [0.15, 0.2) is 24.3 Å². The van der Waals surface area contributed by atoms with Crippen LogP contribution < -0.4 is 16.0 Å². The van der Waals surface area contributed by atoms with Crippen LogP contribution in [0.2, 0.25) is 20.1 Å². The predicted octanol–water partition coefficient (Wildman–Crippen LogP) is 4.56. The Hall–Kier alpha value is -0.910. The van der Waals surface area contributed by atoms with Gasteiger partial charge in [0.25, 0.3) is 0 Å². The topological polar surface area (TPSA) is 60.2 Å². The maximum atomic E-state index is 6.03. The Balaban J connectivity index is 2.21. The third-order valence-corrected chi connectivity index (χ3v) is 3.51. The molecular formula is C12H9Cl4N3O. The van der Waals surface area contributed by atoms with Crippen LogP contribution in [0.3, 0.4) is 0 Å². The average molecular weight is 353 g/mol. The van der Waals surface area contributed by atoms with E-state index in [1.807, 2.05) is 0 Å². The van der Waals surface area contributed by atoms with Gasteiger partial charge in [-0.25, -0.2) is 10.8 Å². The first-order chi connectivity index (χ1) is 9.51. The molecule has 20 heavy (non-hydrogen) atoms. The molecule has 0 radical (unpaired) electrons. The number of nitrogens with zero attached hydrogens (tertiary/aromatic N) is 1. The quantitative estimate of drug-likeness (QED) is 0.625. The third-order valence-electron chi connectivity index (χ3n) is 2.38. The van der Waals surface area contributed by atoms with Crippen molar-refractivity contribution >= 4 is 52.2 Å². The number of benzene rings is 1. The molecule has 0 aliphatic heterocycles. The first kappa shape index (κ1) is 15.5. The smallest absolute Gasteiger partial charge is 0.157 e. The summed E-state index contributed by atoms with van der Waals surface area (Å²) in [6.07, 6.45) is 0. The van der Waals surface area contributed by atoms with Crippen LogP contribution in [0.5, 0.6) is 5.75 Å². The lowest BCUT2D eigenvalue weighted by atomic mass is 10.3. The van der Waals surface area contributed by atoms with Gasteiger partial charge in [0.2, 0.25) is 0 Å². The second-order valence-electron chi connectivity index (χ2n) is 3.76. The monoisotopic (exact) mass is 351 g/mol. The van der Waals surface area contributed by atoms with Crippen molar-refractivity contribution in [3.05, 3.63) is 50.0 Å². The van der Waals surface area contributed by atoms with Gasteiger partial charge in [0.1, 0.15) is 12.4 Å². The molecule has 4 nitrogen and oxygen atoms in total. The molecule has 106 valence electrons. The Morgan fingerprint density at radius 3 is 2.30 bits per heavy atom. The van der Waals surface area contributed by atoms with Gasteiger partial charge in [-0.1, -0.05) is 46.4 Å². The van der Waals surface area contributed by atoms with E-state index in [9.17, 15) is 0 Å². The zero-order valence-corrected chi connectivity index (χ0v) is 13.0. The van der Waals surface area contributed by atoms with Crippen LogP contribution in [0, 0.1) is 0 Å². The Morgan fingerprint density at radius 2 is 1.70 bits per heavy atom. The summed E-state index contributed by atoms with van der Waals surface area (Å²) in [7, 11) is 0. The largest absolute Gasteiger partial charge is 0.484 e. The van der Waals surface area contributed by atoms with Crippen molar-refractivity contribution in [1.82, 2.24) is 4.98 Å². The van der Waals surface area contributed by atoms with Gasteiger partial charge in [0, 0.05) is 5.02 Å². The van der Waals surface area contributed by atoms with Crippen molar-refractivity contribution < 1.29 is 4.74 Å². The zero-order chi connectivity index (χ0) is 14.7. The number of halogens is 4. The van der Waals surface area contributed by atoms with Crippen LogP contribution in [0.1, 0.15) is 5.69 Å². The molecule has 0 aliphatic carbocycles. The molecule has 1 heterocycles. The molecule has 0 saturated carbocycles. The van der Waals surface area contributed by atoms with E-state index in [-0.39, 0.29) is 6.61 Å². The van der Waals surface area contributed by atoms with Gasteiger partial charge < -0.3 is 10.2 Å². The van der Waals surface area contributed by atoms with E-state index in [1.165, 1.54) is 12.1 Å². The van der Waals surface area contributed by atoms with Gasteiger partial charge >= 0.3 is 0 Å². The van der Waals surface area contributed by atoms with E-state index in [1.54, 1.807) is 12.1 Å². The molecule has 0 aliphatic rings. The predicted molar refractivity (Wildman–Crippen MR) is 82.9 cm³/mol. The standard InChI is InChI=1S/C12H9Cl4N3O/c13-6-3-8(15)12(9(16)4-6)20-5-10-7(14)1-2-11(18-10)19-17/h1-4H,5,17H2,(H,18,19). The molecule has 0 fully saturated rings. The molecule has 1 aromatic heterocycles. The lowest BCUT2D eigenvalue weighted by molar-refractivity contribution is 0.302. The number of nitrogens with two attached hydrogens (primary N) is 1. The number of hydrogen-bond donors (Lipinski definition) is 2.